The predicted molar refractivity (Wildman–Crippen MR) is 84.6 cm³/mol. The van der Waals surface area contributed by atoms with Gasteiger partial charge in [0.25, 0.3) is 0 Å². The van der Waals surface area contributed by atoms with Crippen molar-refractivity contribution in [3.8, 4) is 5.75 Å². The third-order valence-corrected chi connectivity index (χ3v) is 2.71. The highest BCUT2D eigenvalue weighted by Gasteiger charge is 1.96. The SMILES string of the molecule is Cc1ccc(N/N=C/c2ccc(OC(C)C)cc2)cc1. The maximum absolute atomic E-state index is 5.59. The first-order valence-electron chi connectivity index (χ1n) is 6.76. The fraction of sp³-hybridized carbons (Fsp3) is 0.235. The minimum atomic E-state index is 0.192. The minimum Gasteiger partial charge on any atom is -0.491 e. The normalized spacial score (nSPS) is 11.0. The van der Waals surface area contributed by atoms with Gasteiger partial charge in [0.1, 0.15) is 5.75 Å². The number of hydrazone groups is 1. The van der Waals surface area contributed by atoms with E-state index in [4.69, 9.17) is 4.74 Å². The van der Waals surface area contributed by atoms with Crippen LogP contribution in [0.25, 0.3) is 0 Å². The van der Waals surface area contributed by atoms with Gasteiger partial charge in [-0.1, -0.05) is 17.7 Å². The second kappa shape index (κ2) is 6.75. The fourth-order valence-corrected chi connectivity index (χ4v) is 1.71. The van der Waals surface area contributed by atoms with Crippen LogP contribution in [0.15, 0.2) is 53.6 Å². The lowest BCUT2D eigenvalue weighted by atomic mass is 10.2. The van der Waals surface area contributed by atoms with Gasteiger partial charge in [0.05, 0.1) is 18.0 Å². The molecule has 0 fully saturated rings. The molecule has 0 unspecified atom stereocenters. The van der Waals surface area contributed by atoms with Crippen LogP contribution in [0.4, 0.5) is 5.69 Å². The Labute approximate surface area is 120 Å². The zero-order chi connectivity index (χ0) is 14.4. The second-order valence-electron chi connectivity index (χ2n) is 4.97. The first kappa shape index (κ1) is 14.1. The molecule has 2 aromatic carbocycles. The lowest BCUT2D eigenvalue weighted by molar-refractivity contribution is 0.242. The van der Waals surface area contributed by atoms with Crippen LogP contribution in [0.5, 0.6) is 5.75 Å². The molecule has 3 nitrogen and oxygen atoms in total. The van der Waals surface area contributed by atoms with Crippen molar-refractivity contribution in [2.75, 3.05) is 5.43 Å². The number of aryl methyl sites for hydroxylation is 1. The van der Waals surface area contributed by atoms with Crippen LogP contribution in [-0.4, -0.2) is 12.3 Å². The van der Waals surface area contributed by atoms with E-state index < -0.39 is 0 Å². The molecule has 0 spiro atoms. The van der Waals surface area contributed by atoms with Gasteiger partial charge in [0.15, 0.2) is 0 Å². The molecule has 0 aliphatic carbocycles. The van der Waals surface area contributed by atoms with Crippen molar-refractivity contribution < 1.29 is 4.74 Å². The molecular formula is C17H20N2O. The second-order valence-corrected chi connectivity index (χ2v) is 4.97. The molecule has 0 atom stereocenters. The molecule has 0 aliphatic heterocycles. The van der Waals surface area contributed by atoms with E-state index in [0.717, 1.165) is 17.0 Å². The Kier molecular flexibility index (Phi) is 4.77. The van der Waals surface area contributed by atoms with E-state index >= 15 is 0 Å². The molecule has 0 radical (unpaired) electrons. The number of anilines is 1. The molecule has 0 bridgehead atoms. The van der Waals surface area contributed by atoms with Gasteiger partial charge in [0, 0.05) is 0 Å². The van der Waals surface area contributed by atoms with E-state index in [0.29, 0.717) is 0 Å². The van der Waals surface area contributed by atoms with Crippen molar-refractivity contribution in [1.29, 1.82) is 0 Å². The summed E-state index contributed by atoms with van der Waals surface area (Å²) in [6, 6.07) is 16.0. The number of benzene rings is 2. The van der Waals surface area contributed by atoms with Crippen molar-refractivity contribution in [3.63, 3.8) is 0 Å². The molecule has 0 amide bonds. The van der Waals surface area contributed by atoms with E-state index in [1.165, 1.54) is 5.56 Å². The zero-order valence-corrected chi connectivity index (χ0v) is 12.1. The van der Waals surface area contributed by atoms with E-state index in [1.807, 2.05) is 50.2 Å². The van der Waals surface area contributed by atoms with Gasteiger partial charge in [0.2, 0.25) is 0 Å². The smallest absolute Gasteiger partial charge is 0.119 e. The van der Waals surface area contributed by atoms with E-state index in [-0.39, 0.29) is 6.10 Å². The van der Waals surface area contributed by atoms with Crippen LogP contribution >= 0.6 is 0 Å². The molecule has 0 aliphatic rings. The Balaban J connectivity index is 1.92. The Bertz CT molecular complexity index is 557. The Morgan fingerprint density at radius 3 is 2.25 bits per heavy atom. The summed E-state index contributed by atoms with van der Waals surface area (Å²) >= 11 is 0. The summed E-state index contributed by atoms with van der Waals surface area (Å²) in [4.78, 5) is 0. The molecule has 3 heteroatoms. The molecule has 0 saturated carbocycles. The van der Waals surface area contributed by atoms with Gasteiger partial charge in [-0.2, -0.15) is 5.10 Å². The van der Waals surface area contributed by atoms with Crippen molar-refractivity contribution in [3.05, 3.63) is 59.7 Å². The lowest BCUT2D eigenvalue weighted by Crippen LogP contribution is -2.05. The monoisotopic (exact) mass is 268 g/mol. The molecular weight excluding hydrogens is 248 g/mol. The fourth-order valence-electron chi connectivity index (χ4n) is 1.71. The number of hydrogen-bond acceptors (Lipinski definition) is 3. The van der Waals surface area contributed by atoms with Gasteiger partial charge in [-0.3, -0.25) is 5.43 Å². The van der Waals surface area contributed by atoms with Gasteiger partial charge >= 0.3 is 0 Å². The summed E-state index contributed by atoms with van der Waals surface area (Å²) < 4.78 is 5.59. The van der Waals surface area contributed by atoms with Crippen LogP contribution in [0, 0.1) is 6.92 Å². The number of ether oxygens (including phenoxy) is 1. The molecule has 2 aromatic rings. The van der Waals surface area contributed by atoms with Gasteiger partial charge in [-0.05, 0) is 62.7 Å². The third kappa shape index (κ3) is 4.43. The van der Waals surface area contributed by atoms with Gasteiger partial charge in [-0.15, -0.1) is 0 Å². The molecule has 0 heterocycles. The van der Waals surface area contributed by atoms with Crippen molar-refractivity contribution in [1.82, 2.24) is 0 Å². The summed E-state index contributed by atoms with van der Waals surface area (Å²) in [6.45, 7) is 6.09. The van der Waals surface area contributed by atoms with E-state index in [1.54, 1.807) is 6.21 Å². The summed E-state index contributed by atoms with van der Waals surface area (Å²) in [5, 5.41) is 4.22. The maximum Gasteiger partial charge on any atom is 0.119 e. The topological polar surface area (TPSA) is 33.6 Å². The molecule has 0 aromatic heterocycles. The lowest BCUT2D eigenvalue weighted by Gasteiger charge is -2.09. The standard InChI is InChI=1S/C17H20N2O/c1-13(2)20-17-10-6-15(7-11-17)12-18-19-16-8-4-14(3)5-9-16/h4-13,19H,1-3H3/b18-12+. The summed E-state index contributed by atoms with van der Waals surface area (Å²) in [7, 11) is 0. The van der Waals surface area contributed by atoms with Crippen molar-refractivity contribution in [2.45, 2.75) is 26.9 Å². The number of nitrogens with one attached hydrogen (secondary N) is 1. The number of rotatable bonds is 5. The Hall–Kier alpha value is -2.29. The highest BCUT2D eigenvalue weighted by molar-refractivity contribution is 5.80. The molecule has 2 rings (SSSR count). The van der Waals surface area contributed by atoms with Crippen molar-refractivity contribution >= 4 is 11.9 Å². The predicted octanol–water partition coefficient (Wildman–Crippen LogP) is 4.23. The first-order valence-corrected chi connectivity index (χ1v) is 6.76. The van der Waals surface area contributed by atoms with Crippen molar-refractivity contribution in [2.24, 2.45) is 5.10 Å². The van der Waals surface area contributed by atoms with Gasteiger partial charge in [-0.25, -0.2) is 0 Å². The van der Waals surface area contributed by atoms with Gasteiger partial charge < -0.3 is 4.74 Å². The first-order chi connectivity index (χ1) is 9.63. The number of hydrogen-bond donors (Lipinski definition) is 1. The average Bonchev–Trinajstić information content (AvgIpc) is 2.42. The van der Waals surface area contributed by atoms with Crippen LogP contribution in [0.3, 0.4) is 0 Å². The highest BCUT2D eigenvalue weighted by atomic mass is 16.5. The average molecular weight is 268 g/mol. The quantitative estimate of drug-likeness (QED) is 0.650. The Morgan fingerprint density at radius 2 is 1.65 bits per heavy atom. The molecule has 20 heavy (non-hydrogen) atoms. The molecule has 104 valence electrons. The molecule has 0 saturated heterocycles. The summed E-state index contributed by atoms with van der Waals surface area (Å²) in [6.07, 6.45) is 1.98. The maximum atomic E-state index is 5.59. The largest absolute Gasteiger partial charge is 0.491 e. The van der Waals surface area contributed by atoms with Crippen LogP contribution in [-0.2, 0) is 0 Å². The van der Waals surface area contributed by atoms with E-state index in [9.17, 15) is 0 Å². The number of nitrogens with zero attached hydrogens (tertiary/aromatic N) is 1. The Morgan fingerprint density at radius 1 is 1.00 bits per heavy atom. The van der Waals surface area contributed by atoms with Crippen LogP contribution in [0.2, 0.25) is 0 Å². The summed E-state index contributed by atoms with van der Waals surface area (Å²) in [5.41, 5.74) is 6.25. The third-order valence-electron chi connectivity index (χ3n) is 2.71. The van der Waals surface area contributed by atoms with Crippen LogP contribution < -0.4 is 10.2 Å². The molecule has 1 N–H and O–H groups in total. The zero-order valence-electron chi connectivity index (χ0n) is 12.1. The van der Waals surface area contributed by atoms with Crippen LogP contribution in [0.1, 0.15) is 25.0 Å². The highest BCUT2D eigenvalue weighted by Crippen LogP contribution is 2.13. The summed E-state index contributed by atoms with van der Waals surface area (Å²) in [5.74, 6) is 0.878. The minimum absolute atomic E-state index is 0.192. The van der Waals surface area contributed by atoms with E-state index in [2.05, 4.69) is 29.6 Å².